The first kappa shape index (κ1) is 13.4. The molecule has 5 nitrogen and oxygen atoms in total. The molecule has 7 heteroatoms. The second-order valence-corrected chi connectivity index (χ2v) is 6.60. The maximum Gasteiger partial charge on any atom is 0.246 e. The molecule has 0 saturated carbocycles. The molecule has 0 N–H and O–H groups in total. The van der Waals surface area contributed by atoms with Crippen molar-refractivity contribution in [3.8, 4) is 0 Å². The Balaban J connectivity index is 2.43. The van der Waals surface area contributed by atoms with E-state index in [-0.39, 0.29) is 4.90 Å². The van der Waals surface area contributed by atoms with Crippen molar-refractivity contribution in [3.05, 3.63) is 28.7 Å². The van der Waals surface area contributed by atoms with Gasteiger partial charge >= 0.3 is 0 Å². The number of sulfonamides is 1. The molecule has 18 heavy (non-hydrogen) atoms. The average molecular weight is 331 g/mol. The Kier molecular flexibility index (Phi) is 3.97. The van der Waals surface area contributed by atoms with Crippen LogP contribution >= 0.6 is 15.9 Å². The van der Waals surface area contributed by atoms with Crippen LogP contribution in [0.1, 0.15) is 12.8 Å². The number of hydrogen-bond acceptors (Lipinski definition) is 4. The maximum atomic E-state index is 12.4. The number of rotatable bonds is 3. The smallest absolute Gasteiger partial charge is 0.211 e. The molecule has 1 atom stereocenters. The predicted octanol–water partition coefficient (Wildman–Crippen LogP) is 1.90. The summed E-state index contributed by atoms with van der Waals surface area (Å²) >= 11 is 3.22. The number of isocyanates is 1. The van der Waals surface area contributed by atoms with Crippen LogP contribution in [0.25, 0.3) is 0 Å². The van der Waals surface area contributed by atoms with E-state index in [0.717, 1.165) is 0 Å². The van der Waals surface area contributed by atoms with Crippen LogP contribution < -0.4 is 0 Å². The molecule has 1 aliphatic rings. The highest BCUT2D eigenvalue weighted by Gasteiger charge is 2.36. The fourth-order valence-corrected chi connectivity index (χ4v) is 4.53. The van der Waals surface area contributed by atoms with Crippen LogP contribution in [0.5, 0.6) is 0 Å². The van der Waals surface area contributed by atoms with Gasteiger partial charge in [0, 0.05) is 11.0 Å². The average Bonchev–Trinajstić information content (AvgIpc) is 2.79. The lowest BCUT2D eigenvalue weighted by atomic mass is 10.3. The summed E-state index contributed by atoms with van der Waals surface area (Å²) in [7, 11) is -3.63. The van der Waals surface area contributed by atoms with Gasteiger partial charge in [0.25, 0.3) is 0 Å². The summed E-state index contributed by atoms with van der Waals surface area (Å²) < 4.78 is 26.6. The van der Waals surface area contributed by atoms with E-state index in [2.05, 4.69) is 20.9 Å². The Morgan fingerprint density at radius 3 is 2.78 bits per heavy atom. The van der Waals surface area contributed by atoms with Gasteiger partial charge in [-0.1, -0.05) is 12.1 Å². The van der Waals surface area contributed by atoms with E-state index in [4.69, 9.17) is 0 Å². The molecule has 1 unspecified atom stereocenters. The minimum absolute atomic E-state index is 0.193. The van der Waals surface area contributed by atoms with Crippen molar-refractivity contribution in [2.24, 2.45) is 4.99 Å². The Bertz CT molecular complexity index is 596. The topological polar surface area (TPSA) is 66.8 Å². The van der Waals surface area contributed by atoms with Crippen LogP contribution in [-0.4, -0.2) is 31.5 Å². The molecule has 0 radical (unpaired) electrons. The van der Waals surface area contributed by atoms with Gasteiger partial charge < -0.3 is 0 Å². The lowest BCUT2D eigenvalue weighted by molar-refractivity contribution is 0.395. The van der Waals surface area contributed by atoms with E-state index in [1.54, 1.807) is 18.2 Å². The Hall–Kier alpha value is -1.01. The third-order valence-corrected chi connectivity index (χ3v) is 5.71. The molecule has 0 bridgehead atoms. The molecular weight excluding hydrogens is 320 g/mol. The molecule has 0 amide bonds. The number of halogens is 1. The van der Waals surface area contributed by atoms with Crippen molar-refractivity contribution in [1.82, 2.24) is 4.31 Å². The van der Waals surface area contributed by atoms with Gasteiger partial charge in [0.15, 0.2) is 0 Å². The number of aliphatic imine (C=N–C) groups is 1. The van der Waals surface area contributed by atoms with Gasteiger partial charge in [-0.05, 0) is 40.9 Å². The first-order chi connectivity index (χ1) is 8.57. The fraction of sp³-hybridized carbons (Fsp3) is 0.364. The highest BCUT2D eigenvalue weighted by molar-refractivity contribution is 9.10. The van der Waals surface area contributed by atoms with Crippen LogP contribution in [0.2, 0.25) is 0 Å². The zero-order chi connectivity index (χ0) is 13.2. The number of hydrogen-bond donors (Lipinski definition) is 0. The number of benzene rings is 1. The van der Waals surface area contributed by atoms with Gasteiger partial charge in [-0.2, -0.15) is 9.30 Å². The lowest BCUT2D eigenvalue weighted by Gasteiger charge is -2.20. The van der Waals surface area contributed by atoms with E-state index >= 15 is 0 Å². The summed E-state index contributed by atoms with van der Waals surface area (Å²) in [6, 6.07) is 6.60. The van der Waals surface area contributed by atoms with Crippen molar-refractivity contribution in [1.29, 1.82) is 0 Å². The van der Waals surface area contributed by atoms with E-state index in [1.807, 2.05) is 0 Å². The minimum atomic E-state index is -3.63. The second-order valence-electron chi connectivity index (χ2n) is 3.89. The molecule has 2 rings (SSSR count). The van der Waals surface area contributed by atoms with Gasteiger partial charge in [-0.15, -0.1) is 0 Å². The Morgan fingerprint density at radius 1 is 1.39 bits per heavy atom. The lowest BCUT2D eigenvalue weighted by Crippen LogP contribution is -2.34. The van der Waals surface area contributed by atoms with E-state index in [9.17, 15) is 13.2 Å². The number of nitrogens with zero attached hydrogens (tertiary/aromatic N) is 2. The standard InChI is InChI=1S/C11H11BrN2O3S/c12-9-4-1-2-5-10(9)18(16,17)14-7-3-6-11(14)13-8-15/h1-2,4-5,11H,3,6-7H2. The van der Waals surface area contributed by atoms with Crippen LogP contribution in [0, 0.1) is 0 Å². The van der Waals surface area contributed by atoms with Gasteiger partial charge in [0.05, 0.1) is 4.90 Å². The number of carbonyl (C=O) groups excluding carboxylic acids is 1. The maximum absolute atomic E-state index is 12.4. The monoisotopic (exact) mass is 330 g/mol. The third-order valence-electron chi connectivity index (χ3n) is 2.80. The summed E-state index contributed by atoms with van der Waals surface area (Å²) in [4.78, 5) is 14.1. The van der Waals surface area contributed by atoms with Crippen LogP contribution in [0.3, 0.4) is 0 Å². The fourth-order valence-electron chi connectivity index (χ4n) is 1.97. The summed E-state index contributed by atoms with van der Waals surface area (Å²) in [5.41, 5.74) is 0. The molecule has 1 aromatic rings. The van der Waals surface area contributed by atoms with Gasteiger partial charge in [0.1, 0.15) is 6.17 Å². The van der Waals surface area contributed by atoms with Crippen molar-refractivity contribution >= 4 is 32.0 Å². The SMILES string of the molecule is O=C=NC1CCCN1S(=O)(=O)c1ccccc1Br. The quantitative estimate of drug-likeness (QED) is 0.627. The van der Waals surface area contributed by atoms with Crippen molar-refractivity contribution in [2.45, 2.75) is 23.9 Å². The molecule has 1 aromatic carbocycles. The highest BCUT2D eigenvalue weighted by Crippen LogP contribution is 2.30. The predicted molar refractivity (Wildman–Crippen MR) is 69.2 cm³/mol. The van der Waals surface area contributed by atoms with Crippen LogP contribution in [0.4, 0.5) is 0 Å². The Morgan fingerprint density at radius 2 is 2.11 bits per heavy atom. The van der Waals surface area contributed by atoms with Crippen molar-refractivity contribution < 1.29 is 13.2 Å². The van der Waals surface area contributed by atoms with E-state index in [0.29, 0.717) is 23.9 Å². The van der Waals surface area contributed by atoms with Crippen molar-refractivity contribution in [3.63, 3.8) is 0 Å². The molecule has 96 valence electrons. The van der Waals surface area contributed by atoms with Gasteiger partial charge in [-0.3, -0.25) is 0 Å². The first-order valence-corrected chi connectivity index (χ1v) is 7.64. The summed E-state index contributed by atoms with van der Waals surface area (Å²) in [5, 5.41) is 0. The van der Waals surface area contributed by atoms with Crippen molar-refractivity contribution in [2.75, 3.05) is 6.54 Å². The summed E-state index contributed by atoms with van der Waals surface area (Å²) in [5.74, 6) is 0. The van der Waals surface area contributed by atoms with Crippen LogP contribution in [0.15, 0.2) is 38.6 Å². The van der Waals surface area contributed by atoms with Crippen LogP contribution in [-0.2, 0) is 14.8 Å². The minimum Gasteiger partial charge on any atom is -0.211 e. The van der Waals surface area contributed by atoms with Gasteiger partial charge in [-0.25, -0.2) is 13.2 Å². The summed E-state index contributed by atoms with van der Waals surface area (Å²) in [6.07, 6.45) is 2.06. The largest absolute Gasteiger partial charge is 0.246 e. The Labute approximate surface area is 114 Å². The molecule has 0 aliphatic carbocycles. The zero-order valence-corrected chi connectivity index (χ0v) is 11.8. The molecule has 1 saturated heterocycles. The third kappa shape index (κ3) is 2.40. The first-order valence-electron chi connectivity index (χ1n) is 5.40. The molecular formula is C11H11BrN2O3S. The van der Waals surface area contributed by atoms with E-state index < -0.39 is 16.2 Å². The van der Waals surface area contributed by atoms with E-state index in [1.165, 1.54) is 16.5 Å². The highest BCUT2D eigenvalue weighted by atomic mass is 79.9. The molecule has 1 fully saturated rings. The molecule has 0 aromatic heterocycles. The molecule has 0 spiro atoms. The molecule has 1 heterocycles. The molecule has 1 aliphatic heterocycles. The normalized spacial score (nSPS) is 20.6. The van der Waals surface area contributed by atoms with Gasteiger partial charge in [0.2, 0.25) is 16.1 Å². The summed E-state index contributed by atoms with van der Waals surface area (Å²) in [6.45, 7) is 0.375. The second kappa shape index (κ2) is 5.32. The zero-order valence-electron chi connectivity index (χ0n) is 9.41.